The van der Waals surface area contributed by atoms with Crippen molar-refractivity contribution in [2.24, 2.45) is 0 Å². The fraction of sp³-hybridized carbons (Fsp3) is 0.571. The summed E-state index contributed by atoms with van der Waals surface area (Å²) >= 11 is 0. The number of carbonyl (C=O) groups is 2. The molecular weight excluding hydrogens is 316 g/mol. The highest BCUT2D eigenvalue weighted by Gasteiger charge is 2.41. The summed E-state index contributed by atoms with van der Waals surface area (Å²) in [5, 5.41) is 10.4. The second-order valence-electron chi connectivity index (χ2n) is 3.31. The first kappa shape index (κ1) is 16.6. The molecule has 0 aliphatic heterocycles. The number of anilines is 1. The van der Waals surface area contributed by atoms with Crippen LogP contribution in [0.15, 0.2) is 0 Å². The molecular formula is C7H5F6N5O3. The molecule has 0 bridgehead atoms. The molecule has 0 aliphatic carbocycles. The SMILES string of the molecule is O=C(Nc1nnnn1CCOC(=O)C(F)(F)F)C(F)(F)F. The summed E-state index contributed by atoms with van der Waals surface area (Å²) in [7, 11) is 0. The second-order valence-corrected chi connectivity index (χ2v) is 3.31. The minimum absolute atomic E-state index is 0.521. The minimum Gasteiger partial charge on any atom is -0.457 e. The van der Waals surface area contributed by atoms with E-state index in [4.69, 9.17) is 0 Å². The third-order valence-electron chi connectivity index (χ3n) is 1.78. The van der Waals surface area contributed by atoms with E-state index < -0.39 is 43.3 Å². The van der Waals surface area contributed by atoms with Crippen molar-refractivity contribution in [2.45, 2.75) is 18.9 Å². The Morgan fingerprint density at radius 3 is 2.29 bits per heavy atom. The van der Waals surface area contributed by atoms with Gasteiger partial charge in [-0.1, -0.05) is 5.10 Å². The molecule has 0 radical (unpaired) electrons. The topological polar surface area (TPSA) is 99.0 Å². The van der Waals surface area contributed by atoms with Crippen LogP contribution in [-0.4, -0.2) is 51.0 Å². The Morgan fingerprint density at radius 1 is 1.14 bits per heavy atom. The van der Waals surface area contributed by atoms with Crippen LogP contribution >= 0.6 is 0 Å². The van der Waals surface area contributed by atoms with Crippen molar-refractivity contribution < 1.29 is 40.7 Å². The number of tetrazole rings is 1. The molecule has 0 saturated heterocycles. The Bertz CT molecular complexity index is 524. The van der Waals surface area contributed by atoms with Gasteiger partial charge < -0.3 is 4.74 Å². The number of hydrogen-bond donors (Lipinski definition) is 1. The zero-order chi connectivity index (χ0) is 16.3. The van der Waals surface area contributed by atoms with Gasteiger partial charge in [-0.2, -0.15) is 26.3 Å². The van der Waals surface area contributed by atoms with Gasteiger partial charge in [-0.3, -0.25) is 10.1 Å². The van der Waals surface area contributed by atoms with Gasteiger partial charge in [-0.25, -0.2) is 9.48 Å². The molecule has 1 aromatic heterocycles. The highest BCUT2D eigenvalue weighted by Crippen LogP contribution is 2.17. The van der Waals surface area contributed by atoms with Crippen LogP contribution in [0.1, 0.15) is 0 Å². The van der Waals surface area contributed by atoms with Gasteiger partial charge >= 0.3 is 24.2 Å². The summed E-state index contributed by atoms with van der Waals surface area (Å²) in [6, 6.07) is 0. The van der Waals surface area contributed by atoms with Crippen LogP contribution in [0.2, 0.25) is 0 Å². The number of rotatable bonds is 4. The summed E-state index contributed by atoms with van der Waals surface area (Å²) in [6.07, 6.45) is -10.4. The van der Waals surface area contributed by atoms with Crippen molar-refractivity contribution in [3.05, 3.63) is 0 Å². The summed E-state index contributed by atoms with van der Waals surface area (Å²) in [4.78, 5) is 21.0. The predicted molar refractivity (Wildman–Crippen MR) is 49.5 cm³/mol. The number of nitrogens with zero attached hydrogens (tertiary/aromatic N) is 4. The molecule has 1 N–H and O–H groups in total. The molecule has 0 unspecified atom stereocenters. The first-order valence-corrected chi connectivity index (χ1v) is 4.90. The van der Waals surface area contributed by atoms with E-state index in [1.807, 2.05) is 0 Å². The van der Waals surface area contributed by atoms with E-state index in [2.05, 4.69) is 20.3 Å². The van der Waals surface area contributed by atoms with E-state index >= 15 is 0 Å². The van der Waals surface area contributed by atoms with Crippen LogP contribution in [0.4, 0.5) is 32.3 Å². The molecule has 0 aliphatic rings. The maximum absolute atomic E-state index is 12.0. The van der Waals surface area contributed by atoms with Crippen molar-refractivity contribution in [1.29, 1.82) is 0 Å². The number of aromatic nitrogens is 4. The molecule has 0 fully saturated rings. The Morgan fingerprint density at radius 2 is 1.76 bits per heavy atom. The van der Waals surface area contributed by atoms with E-state index in [1.54, 1.807) is 0 Å². The lowest BCUT2D eigenvalue weighted by Crippen LogP contribution is -2.31. The average molecular weight is 321 g/mol. The number of alkyl halides is 6. The molecule has 0 aromatic carbocycles. The second kappa shape index (κ2) is 5.92. The monoisotopic (exact) mass is 321 g/mol. The zero-order valence-corrected chi connectivity index (χ0v) is 9.70. The lowest BCUT2D eigenvalue weighted by atomic mass is 10.6. The van der Waals surface area contributed by atoms with Crippen LogP contribution in [-0.2, 0) is 20.9 Å². The van der Waals surface area contributed by atoms with Gasteiger partial charge in [0.1, 0.15) is 6.61 Å². The molecule has 21 heavy (non-hydrogen) atoms. The molecule has 1 rings (SSSR count). The minimum atomic E-state index is -5.20. The number of hydrogen-bond acceptors (Lipinski definition) is 6. The van der Waals surface area contributed by atoms with Gasteiger partial charge in [0.2, 0.25) is 5.95 Å². The van der Waals surface area contributed by atoms with Crippen molar-refractivity contribution >= 4 is 17.8 Å². The summed E-state index contributed by atoms with van der Waals surface area (Å²) in [6.45, 7) is -1.46. The van der Waals surface area contributed by atoms with Gasteiger partial charge in [0.15, 0.2) is 0 Å². The highest BCUT2D eigenvalue weighted by atomic mass is 19.4. The number of ether oxygens (including phenoxy) is 1. The Labute approximate surface area is 111 Å². The Balaban J connectivity index is 2.57. The summed E-state index contributed by atoms with van der Waals surface area (Å²) < 4.78 is 75.6. The molecule has 14 heteroatoms. The van der Waals surface area contributed by atoms with Gasteiger partial charge in [0.25, 0.3) is 0 Å². The van der Waals surface area contributed by atoms with E-state index in [1.165, 1.54) is 5.32 Å². The van der Waals surface area contributed by atoms with Crippen molar-refractivity contribution in [1.82, 2.24) is 20.2 Å². The van der Waals surface area contributed by atoms with Crippen molar-refractivity contribution in [3.63, 3.8) is 0 Å². The van der Waals surface area contributed by atoms with Gasteiger partial charge in [0, 0.05) is 0 Å². The fourth-order valence-electron chi connectivity index (χ4n) is 0.924. The number of nitrogens with one attached hydrogen (secondary N) is 1. The Kier molecular flexibility index (Phi) is 4.69. The van der Waals surface area contributed by atoms with E-state index in [-0.39, 0.29) is 0 Å². The van der Waals surface area contributed by atoms with E-state index in [0.717, 1.165) is 0 Å². The fourth-order valence-corrected chi connectivity index (χ4v) is 0.924. The molecule has 118 valence electrons. The highest BCUT2D eigenvalue weighted by molar-refractivity contribution is 5.93. The molecule has 8 nitrogen and oxygen atoms in total. The van der Waals surface area contributed by atoms with Crippen LogP contribution in [0.3, 0.4) is 0 Å². The van der Waals surface area contributed by atoms with Crippen LogP contribution < -0.4 is 5.32 Å². The predicted octanol–water partition coefficient (Wildman–Crippen LogP) is 0.279. The lowest BCUT2D eigenvalue weighted by molar-refractivity contribution is -0.199. The van der Waals surface area contributed by atoms with Crippen LogP contribution in [0.5, 0.6) is 0 Å². The Hall–Kier alpha value is -2.41. The van der Waals surface area contributed by atoms with Crippen LogP contribution in [0, 0.1) is 0 Å². The molecule has 1 amide bonds. The van der Waals surface area contributed by atoms with Crippen molar-refractivity contribution in [2.75, 3.05) is 11.9 Å². The molecule has 1 aromatic rings. The zero-order valence-electron chi connectivity index (χ0n) is 9.70. The molecule has 0 saturated carbocycles. The maximum Gasteiger partial charge on any atom is 0.490 e. The first-order valence-electron chi connectivity index (χ1n) is 4.90. The number of halogens is 6. The largest absolute Gasteiger partial charge is 0.490 e. The van der Waals surface area contributed by atoms with Gasteiger partial charge in [0.05, 0.1) is 6.54 Å². The maximum atomic E-state index is 12.0. The quantitative estimate of drug-likeness (QED) is 0.632. The lowest BCUT2D eigenvalue weighted by Gasteiger charge is -2.09. The third kappa shape index (κ3) is 4.88. The van der Waals surface area contributed by atoms with Gasteiger partial charge in [-0.05, 0) is 10.4 Å². The summed E-state index contributed by atoms with van der Waals surface area (Å²) in [5.74, 6) is -5.61. The number of esters is 1. The standard InChI is InChI=1S/C7H5F6N5O3/c8-6(9,10)3(19)14-5-15-16-17-18(5)1-2-21-4(20)7(11,12)13/h1-2H2,(H,14,15,17,19). The van der Waals surface area contributed by atoms with E-state index in [0.29, 0.717) is 4.68 Å². The number of carbonyl (C=O) groups excluding carboxylic acids is 2. The summed E-state index contributed by atoms with van der Waals surface area (Å²) in [5.41, 5.74) is 0. The molecule has 0 spiro atoms. The molecule has 1 heterocycles. The number of amides is 1. The van der Waals surface area contributed by atoms with Crippen LogP contribution in [0.25, 0.3) is 0 Å². The third-order valence-corrected chi connectivity index (χ3v) is 1.78. The smallest absolute Gasteiger partial charge is 0.457 e. The van der Waals surface area contributed by atoms with Crippen molar-refractivity contribution in [3.8, 4) is 0 Å². The van der Waals surface area contributed by atoms with E-state index in [9.17, 15) is 35.9 Å². The molecule has 0 atom stereocenters. The van der Waals surface area contributed by atoms with Gasteiger partial charge in [-0.15, -0.1) is 0 Å². The first-order chi connectivity index (χ1) is 9.51. The normalized spacial score (nSPS) is 12.1. The average Bonchev–Trinajstić information content (AvgIpc) is 2.74.